The van der Waals surface area contributed by atoms with Gasteiger partial charge in [-0.1, -0.05) is 42.5 Å². The molecule has 35 heavy (non-hydrogen) atoms. The average molecular weight is 470 g/mol. The van der Waals surface area contributed by atoms with Crippen LogP contribution in [0.25, 0.3) is 0 Å². The van der Waals surface area contributed by atoms with Crippen molar-refractivity contribution in [1.29, 1.82) is 0 Å². The number of hydrogen-bond donors (Lipinski definition) is 3. The van der Waals surface area contributed by atoms with Gasteiger partial charge >= 0.3 is 0 Å². The van der Waals surface area contributed by atoms with Crippen LogP contribution in [0.3, 0.4) is 0 Å². The number of hydrogen-bond acceptors (Lipinski definition) is 5. The molecule has 0 radical (unpaired) electrons. The molecule has 0 saturated heterocycles. The van der Waals surface area contributed by atoms with Crippen molar-refractivity contribution >= 4 is 17.1 Å². The van der Waals surface area contributed by atoms with E-state index in [-0.39, 0.29) is 17.2 Å². The quantitative estimate of drug-likeness (QED) is 0.277. The first-order chi connectivity index (χ1) is 16.6. The molecule has 0 fully saturated rings. The van der Waals surface area contributed by atoms with E-state index >= 15 is 0 Å². The van der Waals surface area contributed by atoms with Gasteiger partial charge in [-0.05, 0) is 93.1 Å². The summed E-state index contributed by atoms with van der Waals surface area (Å²) in [4.78, 5) is 1.84. The molecule has 4 aromatic carbocycles. The van der Waals surface area contributed by atoms with Crippen molar-refractivity contribution < 1.29 is 20.1 Å². The summed E-state index contributed by atoms with van der Waals surface area (Å²) in [5.74, 6) is 1.12. The lowest BCUT2D eigenvalue weighted by Gasteiger charge is -2.31. The Labute approximate surface area is 206 Å². The number of phenolic OH excluding ortho intramolecular Hbond substituents is 3. The Kier molecular flexibility index (Phi) is 6.35. The zero-order valence-corrected chi connectivity index (χ0v) is 21.0. The Morgan fingerprint density at radius 2 is 1.11 bits per heavy atom. The first kappa shape index (κ1) is 24.0. The number of ether oxygens (including phenoxy) is 1. The molecule has 0 amide bonds. The first-order valence-corrected chi connectivity index (χ1v) is 11.6. The molecular formula is C30H31NO4. The van der Waals surface area contributed by atoms with E-state index in [1.54, 1.807) is 6.07 Å². The number of aryl methyl sites for hydroxylation is 6. The summed E-state index contributed by atoms with van der Waals surface area (Å²) in [5, 5.41) is 33.1. The number of aromatic hydroxyl groups is 3. The first-order valence-electron chi connectivity index (χ1n) is 11.6. The summed E-state index contributed by atoms with van der Waals surface area (Å²) in [6.45, 7) is 11.3. The van der Waals surface area contributed by atoms with Gasteiger partial charge in [0.25, 0.3) is 0 Å². The minimum atomic E-state index is 0.0491. The van der Waals surface area contributed by atoms with Crippen LogP contribution < -0.4 is 9.64 Å². The van der Waals surface area contributed by atoms with Crippen molar-refractivity contribution in [3.8, 4) is 28.7 Å². The second-order valence-corrected chi connectivity index (χ2v) is 9.13. The Morgan fingerprint density at radius 1 is 0.600 bits per heavy atom. The van der Waals surface area contributed by atoms with Gasteiger partial charge in [-0.15, -0.1) is 0 Å². The van der Waals surface area contributed by atoms with E-state index in [2.05, 4.69) is 0 Å². The molecule has 180 valence electrons. The van der Waals surface area contributed by atoms with E-state index in [4.69, 9.17) is 4.74 Å². The zero-order valence-electron chi connectivity index (χ0n) is 21.0. The SMILES string of the molecule is Cc1cc(C)c(Oc2ccccc2N(c2c(C)ccc(C)c2O)c2c(C)ccc(C)c2O)c(O)c1. The summed E-state index contributed by atoms with van der Waals surface area (Å²) in [6.07, 6.45) is 0. The maximum absolute atomic E-state index is 11.2. The van der Waals surface area contributed by atoms with Crippen LogP contribution in [0.4, 0.5) is 17.1 Å². The van der Waals surface area contributed by atoms with Crippen molar-refractivity contribution in [1.82, 2.24) is 0 Å². The number of para-hydroxylation sites is 2. The molecule has 0 saturated carbocycles. The maximum Gasteiger partial charge on any atom is 0.172 e. The van der Waals surface area contributed by atoms with Crippen LogP contribution in [0.15, 0.2) is 60.7 Å². The molecule has 0 spiro atoms. The number of anilines is 3. The maximum atomic E-state index is 11.2. The monoisotopic (exact) mass is 469 g/mol. The largest absolute Gasteiger partial charge is 0.505 e. The Balaban J connectivity index is 2.03. The predicted molar refractivity (Wildman–Crippen MR) is 141 cm³/mol. The Hall–Kier alpha value is -4.12. The minimum absolute atomic E-state index is 0.0491. The van der Waals surface area contributed by atoms with E-state index in [1.807, 2.05) is 101 Å². The molecule has 0 aromatic heterocycles. The molecule has 0 heterocycles. The highest BCUT2D eigenvalue weighted by Crippen LogP contribution is 2.51. The smallest absolute Gasteiger partial charge is 0.172 e. The summed E-state index contributed by atoms with van der Waals surface area (Å²) >= 11 is 0. The summed E-state index contributed by atoms with van der Waals surface area (Å²) in [5.41, 5.74) is 6.53. The number of phenols is 3. The fourth-order valence-corrected chi connectivity index (χ4v) is 4.38. The van der Waals surface area contributed by atoms with Gasteiger partial charge in [0.05, 0.1) is 17.1 Å². The van der Waals surface area contributed by atoms with Gasteiger partial charge < -0.3 is 20.1 Å². The van der Waals surface area contributed by atoms with Crippen molar-refractivity contribution in [2.24, 2.45) is 0 Å². The number of benzene rings is 4. The van der Waals surface area contributed by atoms with Crippen LogP contribution in [0.1, 0.15) is 33.4 Å². The summed E-state index contributed by atoms with van der Waals surface area (Å²) < 4.78 is 6.32. The number of rotatable bonds is 5. The highest BCUT2D eigenvalue weighted by Gasteiger charge is 2.27. The molecule has 5 heteroatoms. The van der Waals surface area contributed by atoms with Gasteiger partial charge in [0.15, 0.2) is 17.2 Å². The van der Waals surface area contributed by atoms with E-state index in [0.29, 0.717) is 39.7 Å². The lowest BCUT2D eigenvalue weighted by molar-refractivity contribution is 0.409. The molecule has 4 rings (SSSR count). The predicted octanol–water partition coefficient (Wildman–Crippen LogP) is 7.92. The topological polar surface area (TPSA) is 73.2 Å². The molecule has 0 aliphatic carbocycles. The Morgan fingerprint density at radius 3 is 1.66 bits per heavy atom. The minimum Gasteiger partial charge on any atom is -0.505 e. The van der Waals surface area contributed by atoms with Crippen molar-refractivity contribution in [3.05, 3.63) is 94.0 Å². The molecule has 0 aliphatic heterocycles. The summed E-state index contributed by atoms with van der Waals surface area (Å²) in [6, 6.07) is 18.6. The van der Waals surface area contributed by atoms with Crippen LogP contribution >= 0.6 is 0 Å². The van der Waals surface area contributed by atoms with Gasteiger partial charge in [-0.3, -0.25) is 4.90 Å². The molecule has 0 unspecified atom stereocenters. The lowest BCUT2D eigenvalue weighted by atomic mass is 10.0. The van der Waals surface area contributed by atoms with Gasteiger partial charge in [0.2, 0.25) is 0 Å². The second-order valence-electron chi connectivity index (χ2n) is 9.13. The molecule has 3 N–H and O–H groups in total. The van der Waals surface area contributed by atoms with E-state index < -0.39 is 0 Å². The van der Waals surface area contributed by atoms with Crippen LogP contribution in [0.2, 0.25) is 0 Å². The fraction of sp³-hybridized carbons (Fsp3) is 0.200. The molecule has 5 nitrogen and oxygen atoms in total. The van der Waals surface area contributed by atoms with Gasteiger partial charge in [0.1, 0.15) is 11.5 Å². The third kappa shape index (κ3) is 4.37. The fourth-order valence-electron chi connectivity index (χ4n) is 4.38. The van der Waals surface area contributed by atoms with E-state index in [9.17, 15) is 15.3 Å². The molecular weight excluding hydrogens is 438 g/mol. The molecule has 0 aliphatic rings. The highest BCUT2D eigenvalue weighted by atomic mass is 16.5. The molecule has 4 aromatic rings. The normalized spacial score (nSPS) is 10.9. The third-order valence-corrected chi connectivity index (χ3v) is 6.27. The van der Waals surface area contributed by atoms with Gasteiger partial charge in [-0.2, -0.15) is 0 Å². The molecule has 0 atom stereocenters. The van der Waals surface area contributed by atoms with Crippen molar-refractivity contribution in [2.75, 3.05) is 4.90 Å². The highest BCUT2D eigenvalue weighted by molar-refractivity contribution is 5.89. The van der Waals surface area contributed by atoms with Crippen molar-refractivity contribution in [2.45, 2.75) is 41.5 Å². The summed E-state index contributed by atoms with van der Waals surface area (Å²) in [7, 11) is 0. The van der Waals surface area contributed by atoms with Crippen LogP contribution in [-0.4, -0.2) is 15.3 Å². The van der Waals surface area contributed by atoms with Crippen LogP contribution in [-0.2, 0) is 0 Å². The Bertz CT molecular complexity index is 1340. The van der Waals surface area contributed by atoms with Gasteiger partial charge in [0, 0.05) is 0 Å². The van der Waals surface area contributed by atoms with Gasteiger partial charge in [-0.25, -0.2) is 0 Å². The van der Waals surface area contributed by atoms with E-state index in [1.165, 1.54) is 0 Å². The standard InChI is InChI=1S/C30H31NO4/c1-17-15-22(6)30(24(32)16-17)35-25-10-8-7-9-23(25)31(26-18(2)11-13-20(4)28(26)33)27-19(3)12-14-21(5)29(27)34/h7-16,32-34H,1-6H3. The average Bonchev–Trinajstić information content (AvgIpc) is 2.81. The zero-order chi connectivity index (χ0) is 25.4. The lowest BCUT2D eigenvalue weighted by Crippen LogP contribution is -2.15. The van der Waals surface area contributed by atoms with Crippen LogP contribution in [0.5, 0.6) is 28.7 Å². The number of nitrogens with zero attached hydrogens (tertiary/aromatic N) is 1. The molecule has 0 bridgehead atoms. The van der Waals surface area contributed by atoms with Crippen LogP contribution in [0, 0.1) is 41.5 Å². The second kappa shape index (κ2) is 9.26. The third-order valence-electron chi connectivity index (χ3n) is 6.27. The van der Waals surface area contributed by atoms with Crippen molar-refractivity contribution in [3.63, 3.8) is 0 Å². The van der Waals surface area contributed by atoms with E-state index in [0.717, 1.165) is 22.3 Å².